The molecular formula is C17H18N2O3S. The highest BCUT2D eigenvalue weighted by Gasteiger charge is 2.36. The fourth-order valence-electron chi connectivity index (χ4n) is 2.46. The number of hydrogen-bond donors (Lipinski definition) is 1. The first-order valence-corrected chi connectivity index (χ1v) is 8.33. The lowest BCUT2D eigenvalue weighted by atomic mass is 10.1. The lowest BCUT2D eigenvalue weighted by Gasteiger charge is -2.15. The number of esters is 1. The van der Waals surface area contributed by atoms with Crippen LogP contribution in [0.2, 0.25) is 0 Å². The van der Waals surface area contributed by atoms with E-state index >= 15 is 0 Å². The summed E-state index contributed by atoms with van der Waals surface area (Å²) in [6.07, 6.45) is 2.12. The van der Waals surface area contributed by atoms with Gasteiger partial charge in [-0.3, -0.25) is 4.79 Å². The minimum atomic E-state index is -0.379. The maximum absolute atomic E-state index is 12.4. The Labute approximate surface area is 138 Å². The summed E-state index contributed by atoms with van der Waals surface area (Å²) in [5, 5.41) is 3.84. The van der Waals surface area contributed by atoms with E-state index < -0.39 is 0 Å². The Bertz CT molecular complexity index is 723. The molecule has 1 unspecified atom stereocenters. The monoisotopic (exact) mass is 330 g/mol. The van der Waals surface area contributed by atoms with Crippen molar-refractivity contribution >= 4 is 23.2 Å². The highest BCUT2D eigenvalue weighted by atomic mass is 32.1. The van der Waals surface area contributed by atoms with Gasteiger partial charge in [0.05, 0.1) is 18.8 Å². The Hall–Kier alpha value is -2.21. The van der Waals surface area contributed by atoms with E-state index in [-0.39, 0.29) is 17.9 Å². The quantitative estimate of drug-likeness (QED) is 0.855. The van der Waals surface area contributed by atoms with Crippen molar-refractivity contribution in [3.05, 3.63) is 51.5 Å². The molecule has 3 rings (SSSR count). The first kappa shape index (κ1) is 15.7. The first-order valence-electron chi connectivity index (χ1n) is 7.51. The number of amides is 1. The molecule has 1 heterocycles. The molecule has 1 aliphatic rings. The summed E-state index contributed by atoms with van der Waals surface area (Å²) in [7, 11) is 1.36. The highest BCUT2D eigenvalue weighted by molar-refractivity contribution is 7.13. The van der Waals surface area contributed by atoms with Crippen molar-refractivity contribution in [3.63, 3.8) is 0 Å². The molecule has 1 saturated carbocycles. The van der Waals surface area contributed by atoms with Gasteiger partial charge >= 0.3 is 5.97 Å². The summed E-state index contributed by atoms with van der Waals surface area (Å²) in [5.74, 6) is -0.108. The standard InChI is InChI=1S/C17H18N2O3S/c1-10-14(17(21)22-2)23-16(18-10)13(11-8-9-11)19-15(20)12-6-4-3-5-7-12/h3-7,11,13H,8-9H2,1-2H3,(H,19,20). The normalized spacial score (nSPS) is 15.0. The van der Waals surface area contributed by atoms with Gasteiger partial charge in [0, 0.05) is 5.56 Å². The minimum Gasteiger partial charge on any atom is -0.465 e. The fraction of sp³-hybridized carbons (Fsp3) is 0.353. The van der Waals surface area contributed by atoms with E-state index in [0.29, 0.717) is 22.1 Å². The van der Waals surface area contributed by atoms with E-state index in [1.54, 1.807) is 19.1 Å². The zero-order chi connectivity index (χ0) is 16.4. The average molecular weight is 330 g/mol. The highest BCUT2D eigenvalue weighted by Crippen LogP contribution is 2.42. The number of carbonyl (C=O) groups is 2. The number of nitrogens with one attached hydrogen (secondary N) is 1. The Kier molecular flexibility index (Phi) is 4.43. The van der Waals surface area contributed by atoms with Gasteiger partial charge in [-0.15, -0.1) is 11.3 Å². The van der Waals surface area contributed by atoms with Crippen LogP contribution in [0.4, 0.5) is 0 Å². The van der Waals surface area contributed by atoms with Gasteiger partial charge < -0.3 is 10.1 Å². The summed E-state index contributed by atoms with van der Waals surface area (Å²) in [4.78, 5) is 29.2. The number of benzene rings is 1. The van der Waals surface area contributed by atoms with Crippen LogP contribution in [0, 0.1) is 12.8 Å². The second-order valence-electron chi connectivity index (χ2n) is 5.61. The molecular weight excluding hydrogens is 312 g/mol. The van der Waals surface area contributed by atoms with Crippen LogP contribution in [0.5, 0.6) is 0 Å². The van der Waals surface area contributed by atoms with Gasteiger partial charge in [-0.05, 0) is 37.8 Å². The molecule has 2 aromatic rings. The molecule has 1 aliphatic carbocycles. The molecule has 1 N–H and O–H groups in total. The van der Waals surface area contributed by atoms with Gasteiger partial charge in [-0.2, -0.15) is 0 Å². The molecule has 0 aliphatic heterocycles. The maximum Gasteiger partial charge on any atom is 0.349 e. The molecule has 0 spiro atoms. The molecule has 0 saturated heterocycles. The van der Waals surface area contributed by atoms with Crippen LogP contribution in [-0.4, -0.2) is 24.0 Å². The lowest BCUT2D eigenvalue weighted by molar-refractivity contribution is 0.0605. The smallest absolute Gasteiger partial charge is 0.349 e. The van der Waals surface area contributed by atoms with Gasteiger partial charge in [-0.25, -0.2) is 9.78 Å². The van der Waals surface area contributed by atoms with Crippen LogP contribution in [0.25, 0.3) is 0 Å². The number of thiazole rings is 1. The van der Waals surface area contributed by atoms with Crippen molar-refractivity contribution in [1.29, 1.82) is 0 Å². The summed E-state index contributed by atoms with van der Waals surface area (Å²) in [5.41, 5.74) is 1.27. The number of aromatic nitrogens is 1. The summed E-state index contributed by atoms with van der Waals surface area (Å²) in [6.45, 7) is 1.79. The second kappa shape index (κ2) is 6.50. The van der Waals surface area contributed by atoms with Crippen molar-refractivity contribution in [2.45, 2.75) is 25.8 Å². The van der Waals surface area contributed by atoms with E-state index in [0.717, 1.165) is 17.8 Å². The van der Waals surface area contributed by atoms with Crippen LogP contribution >= 0.6 is 11.3 Å². The van der Waals surface area contributed by atoms with Gasteiger partial charge in [0.1, 0.15) is 9.88 Å². The zero-order valence-electron chi connectivity index (χ0n) is 13.0. The van der Waals surface area contributed by atoms with Crippen molar-refractivity contribution in [2.75, 3.05) is 7.11 Å². The number of methoxy groups -OCH3 is 1. The molecule has 23 heavy (non-hydrogen) atoms. The maximum atomic E-state index is 12.4. The number of rotatable bonds is 5. The molecule has 1 aromatic carbocycles. The predicted octanol–water partition coefficient (Wildman–Crippen LogP) is 3.12. The number of hydrogen-bond acceptors (Lipinski definition) is 5. The zero-order valence-corrected chi connectivity index (χ0v) is 13.9. The second-order valence-corrected chi connectivity index (χ2v) is 6.64. The van der Waals surface area contributed by atoms with Crippen LogP contribution in [0.3, 0.4) is 0 Å². The first-order chi connectivity index (χ1) is 11.1. The Morgan fingerprint density at radius 3 is 2.61 bits per heavy atom. The third-order valence-electron chi connectivity index (χ3n) is 3.87. The number of ether oxygens (including phenoxy) is 1. The number of carbonyl (C=O) groups excluding carboxylic acids is 2. The Morgan fingerprint density at radius 2 is 2.00 bits per heavy atom. The Morgan fingerprint density at radius 1 is 1.30 bits per heavy atom. The van der Waals surface area contributed by atoms with Crippen molar-refractivity contribution in [1.82, 2.24) is 10.3 Å². The molecule has 0 radical (unpaired) electrons. The Balaban J connectivity index is 1.83. The van der Waals surface area contributed by atoms with Crippen LogP contribution in [0.15, 0.2) is 30.3 Å². The van der Waals surface area contributed by atoms with E-state index in [1.807, 2.05) is 18.2 Å². The third-order valence-corrected chi connectivity index (χ3v) is 5.09. The molecule has 5 nitrogen and oxygen atoms in total. The van der Waals surface area contributed by atoms with Crippen molar-refractivity contribution in [3.8, 4) is 0 Å². The van der Waals surface area contributed by atoms with Crippen LogP contribution < -0.4 is 5.32 Å². The summed E-state index contributed by atoms with van der Waals surface area (Å²) in [6, 6.07) is 8.97. The topological polar surface area (TPSA) is 68.3 Å². The number of aryl methyl sites for hydroxylation is 1. The van der Waals surface area contributed by atoms with Gasteiger partial charge in [0.25, 0.3) is 5.91 Å². The van der Waals surface area contributed by atoms with Gasteiger partial charge in [0.2, 0.25) is 0 Å². The average Bonchev–Trinajstić information content (AvgIpc) is 3.34. The van der Waals surface area contributed by atoms with Crippen LogP contribution in [0.1, 0.15) is 49.6 Å². The fourth-order valence-corrected chi connectivity index (χ4v) is 3.59. The molecule has 1 aromatic heterocycles. The van der Waals surface area contributed by atoms with E-state index in [4.69, 9.17) is 4.74 Å². The minimum absolute atomic E-state index is 0.116. The third kappa shape index (κ3) is 3.42. The number of nitrogens with zero attached hydrogens (tertiary/aromatic N) is 1. The van der Waals surface area contributed by atoms with Crippen LogP contribution in [-0.2, 0) is 4.74 Å². The molecule has 1 fully saturated rings. The largest absolute Gasteiger partial charge is 0.465 e. The summed E-state index contributed by atoms with van der Waals surface area (Å²) >= 11 is 1.31. The van der Waals surface area contributed by atoms with Crippen molar-refractivity contribution < 1.29 is 14.3 Å². The SMILES string of the molecule is COC(=O)c1sc(C(NC(=O)c2ccccc2)C2CC2)nc1C. The molecule has 6 heteroatoms. The lowest BCUT2D eigenvalue weighted by Crippen LogP contribution is -2.29. The molecule has 1 amide bonds. The van der Waals surface area contributed by atoms with E-state index in [9.17, 15) is 9.59 Å². The van der Waals surface area contributed by atoms with E-state index in [2.05, 4.69) is 10.3 Å². The van der Waals surface area contributed by atoms with E-state index in [1.165, 1.54) is 18.4 Å². The van der Waals surface area contributed by atoms with Gasteiger partial charge in [-0.1, -0.05) is 18.2 Å². The van der Waals surface area contributed by atoms with Crippen molar-refractivity contribution in [2.24, 2.45) is 5.92 Å². The van der Waals surface area contributed by atoms with Gasteiger partial charge in [0.15, 0.2) is 0 Å². The molecule has 120 valence electrons. The molecule has 1 atom stereocenters. The predicted molar refractivity (Wildman–Crippen MR) is 87.6 cm³/mol. The summed E-state index contributed by atoms with van der Waals surface area (Å²) < 4.78 is 4.78. The molecule has 0 bridgehead atoms.